The number of halogens is 1. The van der Waals surface area contributed by atoms with E-state index in [0.29, 0.717) is 47.7 Å². The Morgan fingerprint density at radius 2 is 1.68 bits per heavy atom. The monoisotopic (exact) mass is 448 g/mol. The third kappa shape index (κ3) is 5.54. The van der Waals surface area contributed by atoms with E-state index in [1.165, 1.54) is 0 Å². The van der Waals surface area contributed by atoms with Crippen molar-refractivity contribution in [3.05, 3.63) is 46.5 Å². The Morgan fingerprint density at radius 3 is 2.29 bits per heavy atom. The van der Waals surface area contributed by atoms with Crippen LogP contribution in [0.1, 0.15) is 11.1 Å². The Morgan fingerprint density at radius 1 is 0.968 bits per heavy atom. The van der Waals surface area contributed by atoms with Crippen molar-refractivity contribution in [1.29, 1.82) is 0 Å². The molecule has 2 aromatic rings. The molecule has 0 atom stereocenters. The molecular formula is C23H29ClN2O5. The number of rotatable bonds is 8. The van der Waals surface area contributed by atoms with Gasteiger partial charge in [0.25, 0.3) is 5.91 Å². The van der Waals surface area contributed by atoms with Crippen LogP contribution < -0.4 is 18.9 Å². The predicted molar refractivity (Wildman–Crippen MR) is 120 cm³/mol. The molecule has 0 N–H and O–H groups in total. The summed E-state index contributed by atoms with van der Waals surface area (Å²) in [6.07, 6.45) is 0. The lowest BCUT2D eigenvalue weighted by molar-refractivity contribution is -0.135. The molecule has 1 fully saturated rings. The molecule has 2 aromatic carbocycles. The number of benzene rings is 2. The van der Waals surface area contributed by atoms with Gasteiger partial charge in [0.2, 0.25) is 5.75 Å². The Labute approximate surface area is 188 Å². The molecule has 0 saturated carbocycles. The Balaban J connectivity index is 1.53. The van der Waals surface area contributed by atoms with E-state index in [0.717, 1.165) is 24.2 Å². The third-order valence-corrected chi connectivity index (χ3v) is 5.82. The highest BCUT2D eigenvalue weighted by Gasteiger charge is 2.23. The predicted octanol–water partition coefficient (Wildman–Crippen LogP) is 3.40. The Hall–Kier alpha value is -2.64. The van der Waals surface area contributed by atoms with Gasteiger partial charge in [-0.2, -0.15) is 0 Å². The van der Waals surface area contributed by atoms with Gasteiger partial charge in [-0.1, -0.05) is 17.7 Å². The number of hydrogen-bond acceptors (Lipinski definition) is 6. The summed E-state index contributed by atoms with van der Waals surface area (Å²) in [6, 6.07) is 9.25. The van der Waals surface area contributed by atoms with Gasteiger partial charge in [-0.25, -0.2) is 0 Å². The summed E-state index contributed by atoms with van der Waals surface area (Å²) in [4.78, 5) is 16.7. The van der Waals surface area contributed by atoms with Crippen LogP contribution in [-0.2, 0) is 11.3 Å². The van der Waals surface area contributed by atoms with Crippen LogP contribution in [0.2, 0.25) is 5.02 Å². The van der Waals surface area contributed by atoms with E-state index in [-0.39, 0.29) is 12.5 Å². The van der Waals surface area contributed by atoms with Gasteiger partial charge >= 0.3 is 0 Å². The number of methoxy groups -OCH3 is 3. The molecule has 0 bridgehead atoms. The lowest BCUT2D eigenvalue weighted by Gasteiger charge is -2.35. The number of nitrogens with zero attached hydrogens (tertiary/aromatic N) is 2. The van der Waals surface area contributed by atoms with E-state index < -0.39 is 0 Å². The minimum Gasteiger partial charge on any atom is -0.493 e. The molecule has 0 radical (unpaired) electrons. The van der Waals surface area contributed by atoms with Crippen molar-refractivity contribution < 1.29 is 23.7 Å². The molecule has 0 aromatic heterocycles. The summed E-state index contributed by atoms with van der Waals surface area (Å²) >= 11 is 6.03. The van der Waals surface area contributed by atoms with Crippen LogP contribution in [0.4, 0.5) is 0 Å². The van der Waals surface area contributed by atoms with Crippen LogP contribution in [0.3, 0.4) is 0 Å². The third-order valence-electron chi connectivity index (χ3n) is 5.40. The first-order valence-corrected chi connectivity index (χ1v) is 10.5. The van der Waals surface area contributed by atoms with Crippen LogP contribution in [0, 0.1) is 6.92 Å². The van der Waals surface area contributed by atoms with Crippen molar-refractivity contribution in [2.24, 2.45) is 0 Å². The van der Waals surface area contributed by atoms with E-state index in [1.807, 2.05) is 30.0 Å². The van der Waals surface area contributed by atoms with Crippen molar-refractivity contribution in [2.75, 3.05) is 54.1 Å². The Kier molecular flexibility index (Phi) is 7.87. The molecule has 1 heterocycles. The lowest BCUT2D eigenvalue weighted by atomic mass is 10.1. The largest absolute Gasteiger partial charge is 0.493 e. The van der Waals surface area contributed by atoms with Gasteiger partial charge in [0.1, 0.15) is 5.75 Å². The zero-order valence-electron chi connectivity index (χ0n) is 18.4. The molecule has 31 heavy (non-hydrogen) atoms. The van der Waals surface area contributed by atoms with Crippen molar-refractivity contribution >= 4 is 17.5 Å². The topological polar surface area (TPSA) is 60.5 Å². The summed E-state index contributed by atoms with van der Waals surface area (Å²) in [5.74, 6) is 2.53. The fourth-order valence-electron chi connectivity index (χ4n) is 3.63. The van der Waals surface area contributed by atoms with E-state index in [1.54, 1.807) is 33.5 Å². The first-order chi connectivity index (χ1) is 15.0. The maximum Gasteiger partial charge on any atom is 0.260 e. The summed E-state index contributed by atoms with van der Waals surface area (Å²) in [7, 11) is 4.83. The van der Waals surface area contributed by atoms with Gasteiger partial charge in [-0.3, -0.25) is 9.69 Å². The second-order valence-corrected chi connectivity index (χ2v) is 7.76. The first kappa shape index (κ1) is 23.0. The van der Waals surface area contributed by atoms with Gasteiger partial charge in [0.05, 0.1) is 21.3 Å². The minimum atomic E-state index is -0.0176. The summed E-state index contributed by atoms with van der Waals surface area (Å²) in [5, 5.41) is 0.681. The summed E-state index contributed by atoms with van der Waals surface area (Å²) in [6.45, 7) is 5.46. The van der Waals surface area contributed by atoms with Crippen LogP contribution in [0.15, 0.2) is 30.3 Å². The zero-order chi connectivity index (χ0) is 22.4. The SMILES string of the molecule is COc1ccc(CN2CCN(C(=O)COc3ccc(Cl)c(C)c3)CC2)c(OC)c1OC. The number of aryl methyl sites for hydroxylation is 1. The molecular weight excluding hydrogens is 420 g/mol. The van der Waals surface area contributed by atoms with Crippen LogP contribution in [0.25, 0.3) is 0 Å². The van der Waals surface area contributed by atoms with E-state index >= 15 is 0 Å². The second-order valence-electron chi connectivity index (χ2n) is 7.35. The van der Waals surface area contributed by atoms with Crippen molar-refractivity contribution in [1.82, 2.24) is 9.80 Å². The summed E-state index contributed by atoms with van der Waals surface area (Å²) < 4.78 is 22.1. The minimum absolute atomic E-state index is 0.0176. The molecule has 0 spiro atoms. The fourth-order valence-corrected chi connectivity index (χ4v) is 3.74. The molecule has 0 aliphatic carbocycles. The van der Waals surface area contributed by atoms with E-state index in [4.69, 9.17) is 30.5 Å². The molecule has 1 aliphatic heterocycles. The van der Waals surface area contributed by atoms with Crippen LogP contribution in [0.5, 0.6) is 23.0 Å². The highest BCUT2D eigenvalue weighted by molar-refractivity contribution is 6.31. The number of carbonyl (C=O) groups is 1. The van der Waals surface area contributed by atoms with E-state index in [9.17, 15) is 4.79 Å². The number of piperazine rings is 1. The second kappa shape index (κ2) is 10.6. The quantitative estimate of drug-likeness (QED) is 0.617. The molecule has 8 heteroatoms. The lowest BCUT2D eigenvalue weighted by Crippen LogP contribution is -2.49. The van der Waals surface area contributed by atoms with Gasteiger partial charge in [0.15, 0.2) is 18.1 Å². The van der Waals surface area contributed by atoms with Crippen molar-refractivity contribution in [2.45, 2.75) is 13.5 Å². The maximum atomic E-state index is 12.5. The summed E-state index contributed by atoms with van der Waals surface area (Å²) in [5.41, 5.74) is 1.94. The first-order valence-electron chi connectivity index (χ1n) is 10.1. The average molecular weight is 449 g/mol. The number of ether oxygens (including phenoxy) is 4. The smallest absolute Gasteiger partial charge is 0.260 e. The van der Waals surface area contributed by atoms with Gasteiger partial charge in [-0.05, 0) is 36.8 Å². The van der Waals surface area contributed by atoms with Crippen molar-refractivity contribution in [3.63, 3.8) is 0 Å². The molecule has 7 nitrogen and oxygen atoms in total. The zero-order valence-corrected chi connectivity index (χ0v) is 19.2. The van der Waals surface area contributed by atoms with Crippen molar-refractivity contribution in [3.8, 4) is 23.0 Å². The number of amides is 1. The van der Waals surface area contributed by atoms with Crippen LogP contribution in [-0.4, -0.2) is 69.8 Å². The van der Waals surface area contributed by atoms with Gasteiger partial charge < -0.3 is 23.8 Å². The highest BCUT2D eigenvalue weighted by atomic mass is 35.5. The molecule has 1 amide bonds. The maximum absolute atomic E-state index is 12.5. The molecule has 0 unspecified atom stereocenters. The molecule has 1 aliphatic rings. The van der Waals surface area contributed by atoms with Gasteiger partial charge in [0, 0.05) is 43.3 Å². The number of carbonyl (C=O) groups excluding carboxylic acids is 1. The van der Waals surface area contributed by atoms with Gasteiger partial charge in [-0.15, -0.1) is 0 Å². The molecule has 3 rings (SSSR count). The molecule has 1 saturated heterocycles. The highest BCUT2D eigenvalue weighted by Crippen LogP contribution is 2.40. The van der Waals surface area contributed by atoms with Crippen LogP contribution >= 0.6 is 11.6 Å². The van der Waals surface area contributed by atoms with E-state index in [2.05, 4.69) is 4.90 Å². The normalized spacial score (nSPS) is 14.3. The Bertz CT molecular complexity index is 913. The average Bonchev–Trinajstić information content (AvgIpc) is 2.79. The number of hydrogen-bond donors (Lipinski definition) is 0. The fraction of sp³-hybridized carbons (Fsp3) is 0.435. The standard InChI is InChI=1S/C23H29ClN2O5/c1-16-13-18(6-7-19(16)24)31-15-21(27)26-11-9-25(10-12-26)14-17-5-8-20(28-2)23(30-4)22(17)29-3/h5-8,13H,9-12,14-15H2,1-4H3. The molecule has 168 valence electrons.